The topological polar surface area (TPSA) is 128 Å². The van der Waals surface area contributed by atoms with Crippen molar-refractivity contribution in [3.05, 3.63) is 66.2 Å². The van der Waals surface area contributed by atoms with Crippen molar-refractivity contribution in [2.45, 2.75) is 69.0 Å². The number of aliphatic hydroxyl groups excluding tert-OH is 3. The summed E-state index contributed by atoms with van der Waals surface area (Å²) in [6.45, 7) is 0. The Hall–Kier alpha value is -3.04. The number of hydrogen-bond donors (Lipinski definition) is 5. The number of allylic oxidation sites excluding steroid dienone is 1. The molecule has 0 radical (unpaired) electrons. The first-order chi connectivity index (χ1) is 17.9. The maximum absolute atomic E-state index is 13.0. The van der Waals surface area contributed by atoms with Crippen molar-refractivity contribution in [1.29, 1.82) is 0 Å². The minimum Gasteiger partial charge on any atom is -0.387 e. The highest BCUT2D eigenvalue weighted by Crippen LogP contribution is 2.29. The predicted octanol–water partition coefficient (Wildman–Crippen LogP) is 2.57. The fourth-order valence-electron chi connectivity index (χ4n) is 5.09. The van der Waals surface area contributed by atoms with Crippen LogP contribution in [0.5, 0.6) is 0 Å². The number of carbonyl (C=O) groups excluding carboxylic acids is 2. The number of aliphatic hydroxyl groups is 3. The molecule has 5 atom stereocenters. The van der Waals surface area contributed by atoms with Crippen molar-refractivity contribution in [1.82, 2.24) is 5.32 Å². The third-order valence-corrected chi connectivity index (χ3v) is 7.31. The van der Waals surface area contributed by atoms with Gasteiger partial charge in [0, 0.05) is 12.8 Å². The van der Waals surface area contributed by atoms with Gasteiger partial charge in [-0.1, -0.05) is 61.4 Å². The molecule has 1 heterocycles. The first kappa shape index (κ1) is 27.0. The van der Waals surface area contributed by atoms with E-state index in [0.717, 1.165) is 42.4 Å². The van der Waals surface area contributed by atoms with Crippen LogP contribution in [-0.2, 0) is 20.7 Å². The maximum Gasteiger partial charge on any atom is 0.252 e. The maximum atomic E-state index is 13.0. The summed E-state index contributed by atoms with van der Waals surface area (Å²) in [7, 11) is 1.23. The monoisotopic (exact) mass is 508 g/mol. The first-order valence-corrected chi connectivity index (χ1v) is 12.9. The molecule has 1 saturated carbocycles. The quantitative estimate of drug-likeness (QED) is 0.331. The summed E-state index contributed by atoms with van der Waals surface area (Å²) in [5.74, 6) is -0.761. The van der Waals surface area contributed by atoms with Crippen LogP contribution >= 0.6 is 0 Å². The Morgan fingerprint density at radius 3 is 2.46 bits per heavy atom. The number of hydrogen-bond acceptors (Lipinski definition) is 6. The molecule has 4 unspecified atom stereocenters. The van der Waals surface area contributed by atoms with Crippen LogP contribution in [0.25, 0.3) is 11.1 Å². The van der Waals surface area contributed by atoms with Gasteiger partial charge in [0.15, 0.2) is 6.10 Å². The summed E-state index contributed by atoms with van der Waals surface area (Å²) in [5, 5.41) is 36.9. The molecule has 2 aromatic carbocycles. The van der Waals surface area contributed by atoms with Gasteiger partial charge in [-0.3, -0.25) is 9.59 Å². The molecular weight excluding hydrogens is 472 g/mol. The molecule has 1 fully saturated rings. The van der Waals surface area contributed by atoms with E-state index in [-0.39, 0.29) is 5.91 Å². The zero-order valence-corrected chi connectivity index (χ0v) is 21.0. The lowest BCUT2D eigenvalue weighted by Crippen LogP contribution is -2.55. The molecule has 2 amide bonds. The van der Waals surface area contributed by atoms with E-state index < -0.39 is 36.4 Å². The van der Waals surface area contributed by atoms with Gasteiger partial charge in [-0.25, -0.2) is 0 Å². The minimum atomic E-state index is -1.69. The SMILES string of the molecule is COC(C(=O)N[C@H]1CCc2cc(-c3ccccc3)ccc2NC1=O)C(O)C(O)C(O)C=CC1CCCC1. The molecule has 4 rings (SSSR count). The lowest BCUT2D eigenvalue weighted by Gasteiger charge is -2.28. The number of carbonyl (C=O) groups is 2. The molecule has 8 nitrogen and oxygen atoms in total. The number of aryl methyl sites for hydroxylation is 1. The van der Waals surface area contributed by atoms with Crippen molar-refractivity contribution in [2.75, 3.05) is 12.4 Å². The summed E-state index contributed by atoms with van der Waals surface area (Å²) < 4.78 is 5.17. The van der Waals surface area contributed by atoms with Crippen LogP contribution in [0, 0.1) is 5.92 Å². The number of amides is 2. The number of rotatable bonds is 9. The molecule has 2 aromatic rings. The van der Waals surface area contributed by atoms with Crippen molar-refractivity contribution >= 4 is 17.5 Å². The third-order valence-electron chi connectivity index (χ3n) is 7.31. The Bertz CT molecular complexity index is 1100. The van der Waals surface area contributed by atoms with Gasteiger partial charge in [-0.05, 0) is 60.4 Å². The summed E-state index contributed by atoms with van der Waals surface area (Å²) >= 11 is 0. The van der Waals surface area contributed by atoms with Crippen LogP contribution < -0.4 is 10.6 Å². The van der Waals surface area contributed by atoms with Crippen LogP contribution in [0.2, 0.25) is 0 Å². The predicted molar refractivity (Wildman–Crippen MR) is 141 cm³/mol. The van der Waals surface area contributed by atoms with Crippen molar-refractivity contribution in [3.63, 3.8) is 0 Å². The molecular formula is C29H36N2O6. The number of nitrogens with one attached hydrogen (secondary N) is 2. The van der Waals surface area contributed by atoms with Gasteiger partial charge in [0.1, 0.15) is 24.4 Å². The molecule has 1 aliphatic carbocycles. The largest absolute Gasteiger partial charge is 0.387 e. The van der Waals surface area contributed by atoms with Gasteiger partial charge >= 0.3 is 0 Å². The number of methoxy groups -OCH3 is 1. The van der Waals surface area contributed by atoms with E-state index in [2.05, 4.69) is 10.6 Å². The number of benzene rings is 2. The Morgan fingerprint density at radius 2 is 1.76 bits per heavy atom. The average molecular weight is 509 g/mol. The highest BCUT2D eigenvalue weighted by atomic mass is 16.5. The molecule has 0 aromatic heterocycles. The van der Waals surface area contributed by atoms with E-state index in [4.69, 9.17) is 4.74 Å². The second-order valence-electron chi connectivity index (χ2n) is 9.88. The molecule has 2 aliphatic rings. The lowest BCUT2D eigenvalue weighted by atomic mass is 9.98. The summed E-state index contributed by atoms with van der Waals surface area (Å²) in [6.07, 6.45) is 2.43. The van der Waals surface area contributed by atoms with E-state index in [1.807, 2.05) is 54.6 Å². The Morgan fingerprint density at radius 1 is 1.03 bits per heavy atom. The molecule has 37 heavy (non-hydrogen) atoms. The summed E-state index contributed by atoms with van der Waals surface area (Å²) in [6, 6.07) is 14.9. The lowest BCUT2D eigenvalue weighted by molar-refractivity contribution is -0.150. The van der Waals surface area contributed by atoms with Gasteiger partial charge in [0.2, 0.25) is 5.91 Å². The van der Waals surface area contributed by atoms with Crippen molar-refractivity contribution in [3.8, 4) is 11.1 Å². The number of fused-ring (bicyclic) bond motifs is 1. The minimum absolute atomic E-state index is 0.349. The van der Waals surface area contributed by atoms with Gasteiger partial charge in [-0.15, -0.1) is 0 Å². The molecule has 5 N–H and O–H groups in total. The first-order valence-electron chi connectivity index (χ1n) is 12.9. The van der Waals surface area contributed by atoms with Crippen LogP contribution in [0.1, 0.15) is 37.7 Å². The molecule has 8 heteroatoms. The smallest absolute Gasteiger partial charge is 0.252 e. The fourth-order valence-corrected chi connectivity index (χ4v) is 5.09. The van der Waals surface area contributed by atoms with E-state index >= 15 is 0 Å². The van der Waals surface area contributed by atoms with Gasteiger partial charge in [0.25, 0.3) is 5.91 Å². The Balaban J connectivity index is 1.38. The standard InChI is InChI=1S/C29H36N2O6/c1-37-27(26(34)25(33)24(32)16-11-18-7-5-6-8-18)29(36)31-23-15-13-21-17-20(19-9-3-2-4-10-19)12-14-22(21)30-28(23)35/h2-4,9-12,14,16-18,23-27,32-34H,5-8,13,15H2,1H3,(H,30,35)(H,31,36)/t23-,24?,25?,26?,27?/m0/s1. The Kier molecular flexibility index (Phi) is 9.10. The highest BCUT2D eigenvalue weighted by Gasteiger charge is 2.37. The van der Waals surface area contributed by atoms with Crippen LogP contribution in [-0.4, -0.2) is 64.7 Å². The average Bonchev–Trinajstić information content (AvgIpc) is 3.39. The zero-order valence-electron chi connectivity index (χ0n) is 21.0. The van der Waals surface area contributed by atoms with E-state index in [1.54, 1.807) is 0 Å². The van der Waals surface area contributed by atoms with Crippen LogP contribution in [0.3, 0.4) is 0 Å². The normalized spacial score (nSPS) is 21.5. The molecule has 0 bridgehead atoms. The van der Waals surface area contributed by atoms with Crippen LogP contribution in [0.4, 0.5) is 5.69 Å². The van der Waals surface area contributed by atoms with E-state index in [0.29, 0.717) is 24.4 Å². The van der Waals surface area contributed by atoms with Gasteiger partial charge in [-0.2, -0.15) is 0 Å². The van der Waals surface area contributed by atoms with Gasteiger partial charge < -0.3 is 30.7 Å². The fraction of sp³-hybridized carbons (Fsp3) is 0.448. The molecule has 1 aliphatic heterocycles. The number of anilines is 1. The molecule has 198 valence electrons. The van der Waals surface area contributed by atoms with E-state index in [1.165, 1.54) is 13.2 Å². The third kappa shape index (κ3) is 6.64. The molecule has 0 saturated heterocycles. The zero-order chi connectivity index (χ0) is 26.4. The summed E-state index contributed by atoms with van der Waals surface area (Å²) in [4.78, 5) is 25.8. The highest BCUT2D eigenvalue weighted by molar-refractivity contribution is 5.99. The second-order valence-corrected chi connectivity index (χ2v) is 9.88. The number of ether oxygens (including phenoxy) is 1. The van der Waals surface area contributed by atoms with Crippen molar-refractivity contribution < 1.29 is 29.6 Å². The van der Waals surface area contributed by atoms with Crippen LogP contribution in [0.15, 0.2) is 60.7 Å². The Labute approximate surface area is 217 Å². The second kappa shape index (κ2) is 12.5. The summed E-state index contributed by atoms with van der Waals surface area (Å²) in [5.41, 5.74) is 3.76. The van der Waals surface area contributed by atoms with Gasteiger partial charge in [0.05, 0.1) is 0 Å². The molecule has 0 spiro atoms. The van der Waals surface area contributed by atoms with Crippen molar-refractivity contribution in [2.24, 2.45) is 5.92 Å². The van der Waals surface area contributed by atoms with E-state index in [9.17, 15) is 24.9 Å².